The van der Waals surface area contributed by atoms with Gasteiger partial charge in [-0.15, -0.1) is 0 Å². The molecule has 120 valence electrons. The lowest BCUT2D eigenvalue weighted by molar-refractivity contribution is -0.140. The van der Waals surface area contributed by atoms with E-state index >= 15 is 0 Å². The summed E-state index contributed by atoms with van der Waals surface area (Å²) in [4.78, 5) is 52.3. The Kier molecular flexibility index (Phi) is 2.83. The van der Waals surface area contributed by atoms with Gasteiger partial charge in [0, 0.05) is 17.5 Å². The number of fused-ring (bicyclic) bond motifs is 1. The molecule has 0 bridgehead atoms. The molecule has 0 spiro atoms. The van der Waals surface area contributed by atoms with E-state index in [1.165, 1.54) is 13.2 Å². The second-order valence-electron chi connectivity index (χ2n) is 6.33. The molecule has 1 aromatic carbocycles. The van der Waals surface area contributed by atoms with Gasteiger partial charge in [0.2, 0.25) is 0 Å². The van der Waals surface area contributed by atoms with Gasteiger partial charge in [0.15, 0.2) is 23.1 Å². The minimum absolute atomic E-state index is 0.00993. The van der Waals surface area contributed by atoms with Crippen LogP contribution >= 0.6 is 0 Å². The number of rotatable bonds is 1. The first-order valence-corrected chi connectivity index (χ1v) is 7.67. The van der Waals surface area contributed by atoms with Gasteiger partial charge in [0.05, 0.1) is 12.9 Å². The summed E-state index contributed by atoms with van der Waals surface area (Å²) in [5, 5.41) is 0. The van der Waals surface area contributed by atoms with Gasteiger partial charge in [-0.3, -0.25) is 19.2 Å². The molecule has 0 aliphatic heterocycles. The molecule has 0 fully saturated rings. The van der Waals surface area contributed by atoms with Crippen LogP contribution in [0.15, 0.2) is 48.3 Å². The SMILES string of the molecule is COC1=CC[C@@]23C(=O)C=CC(=O)[C@]2(C1)C(=O)c1ccccc1C3=O. The third kappa shape index (κ3) is 1.40. The maximum absolute atomic E-state index is 13.3. The van der Waals surface area contributed by atoms with Gasteiger partial charge in [-0.1, -0.05) is 24.3 Å². The summed E-state index contributed by atoms with van der Waals surface area (Å²) in [5.74, 6) is -1.46. The molecular formula is C19H14O5. The molecule has 0 saturated heterocycles. The van der Waals surface area contributed by atoms with Gasteiger partial charge in [0.25, 0.3) is 0 Å². The van der Waals surface area contributed by atoms with Crippen LogP contribution in [0, 0.1) is 10.8 Å². The average molecular weight is 322 g/mol. The highest BCUT2D eigenvalue weighted by Gasteiger charge is 2.72. The highest BCUT2D eigenvalue weighted by Crippen LogP contribution is 2.59. The first kappa shape index (κ1) is 14.8. The van der Waals surface area contributed by atoms with E-state index in [1.54, 1.807) is 24.3 Å². The molecule has 0 amide bonds. The average Bonchev–Trinajstić information content (AvgIpc) is 2.62. The smallest absolute Gasteiger partial charge is 0.179 e. The van der Waals surface area contributed by atoms with E-state index in [2.05, 4.69) is 0 Å². The summed E-state index contributed by atoms with van der Waals surface area (Å²) in [6.45, 7) is 0. The summed E-state index contributed by atoms with van der Waals surface area (Å²) in [6.07, 6.45) is 3.81. The van der Waals surface area contributed by atoms with E-state index in [1.807, 2.05) is 0 Å². The Hall–Kier alpha value is -2.82. The zero-order valence-electron chi connectivity index (χ0n) is 13.0. The number of hydrogen-bond acceptors (Lipinski definition) is 5. The lowest BCUT2D eigenvalue weighted by atomic mass is 9.45. The van der Waals surface area contributed by atoms with E-state index in [9.17, 15) is 19.2 Å². The van der Waals surface area contributed by atoms with E-state index in [0.29, 0.717) is 5.76 Å². The fraction of sp³-hybridized carbons (Fsp3) is 0.263. The molecule has 3 aliphatic carbocycles. The maximum Gasteiger partial charge on any atom is 0.179 e. The van der Waals surface area contributed by atoms with E-state index in [0.717, 1.165) is 12.2 Å². The number of carbonyl (C=O) groups excluding carboxylic acids is 4. The lowest BCUT2D eigenvalue weighted by Gasteiger charge is -2.51. The van der Waals surface area contributed by atoms with Crippen LogP contribution in [0.3, 0.4) is 0 Å². The highest BCUT2D eigenvalue weighted by atomic mass is 16.5. The number of Topliss-reactive ketones (excluding diaryl/α,β-unsaturated/α-hetero) is 2. The fourth-order valence-electron chi connectivity index (χ4n) is 4.25. The molecule has 0 heterocycles. The van der Waals surface area contributed by atoms with Crippen molar-refractivity contribution in [3.8, 4) is 0 Å². The molecular weight excluding hydrogens is 308 g/mol. The molecule has 2 atom stereocenters. The Balaban J connectivity index is 2.11. The van der Waals surface area contributed by atoms with Gasteiger partial charge in [-0.2, -0.15) is 0 Å². The molecule has 1 aromatic rings. The number of benzene rings is 1. The first-order valence-electron chi connectivity index (χ1n) is 7.67. The van der Waals surface area contributed by atoms with Crippen molar-refractivity contribution in [3.05, 3.63) is 59.4 Å². The monoisotopic (exact) mass is 322 g/mol. The summed E-state index contributed by atoms with van der Waals surface area (Å²) in [5.41, 5.74) is -3.01. The van der Waals surface area contributed by atoms with Crippen LogP contribution in [0.1, 0.15) is 33.6 Å². The van der Waals surface area contributed by atoms with Crippen LogP contribution in [-0.2, 0) is 14.3 Å². The Morgan fingerprint density at radius 3 is 2.00 bits per heavy atom. The largest absolute Gasteiger partial charge is 0.501 e. The number of allylic oxidation sites excluding steroid dienone is 4. The molecule has 0 radical (unpaired) electrons. The van der Waals surface area contributed by atoms with Crippen molar-refractivity contribution >= 4 is 23.1 Å². The predicted octanol–water partition coefficient (Wildman–Crippen LogP) is 2.07. The summed E-state index contributed by atoms with van der Waals surface area (Å²) >= 11 is 0. The lowest BCUT2D eigenvalue weighted by Crippen LogP contribution is -2.65. The Morgan fingerprint density at radius 2 is 1.42 bits per heavy atom. The highest BCUT2D eigenvalue weighted by molar-refractivity contribution is 6.37. The topological polar surface area (TPSA) is 77.5 Å². The zero-order chi connectivity index (χ0) is 17.1. The first-order chi connectivity index (χ1) is 11.5. The van der Waals surface area contributed by atoms with Gasteiger partial charge in [-0.25, -0.2) is 0 Å². The summed E-state index contributed by atoms with van der Waals surface area (Å²) in [6, 6.07) is 6.38. The maximum atomic E-state index is 13.3. The van der Waals surface area contributed by atoms with Crippen LogP contribution in [0.5, 0.6) is 0 Å². The van der Waals surface area contributed by atoms with Crippen LogP contribution < -0.4 is 0 Å². The Morgan fingerprint density at radius 1 is 0.875 bits per heavy atom. The normalized spacial score (nSPS) is 31.1. The fourth-order valence-corrected chi connectivity index (χ4v) is 4.25. The van der Waals surface area contributed by atoms with Crippen molar-refractivity contribution in [2.24, 2.45) is 10.8 Å². The van der Waals surface area contributed by atoms with Crippen LogP contribution in [0.25, 0.3) is 0 Å². The van der Waals surface area contributed by atoms with Crippen molar-refractivity contribution in [2.45, 2.75) is 12.8 Å². The summed E-state index contributed by atoms with van der Waals surface area (Å²) < 4.78 is 5.25. The van der Waals surface area contributed by atoms with Crippen LogP contribution in [0.2, 0.25) is 0 Å². The van der Waals surface area contributed by atoms with E-state index in [4.69, 9.17) is 4.74 Å². The minimum atomic E-state index is -1.73. The molecule has 0 aromatic heterocycles. The van der Waals surface area contributed by atoms with E-state index < -0.39 is 34.0 Å². The molecule has 5 nitrogen and oxygen atoms in total. The second-order valence-corrected chi connectivity index (χ2v) is 6.33. The Labute approximate surface area is 138 Å². The van der Waals surface area contributed by atoms with Crippen molar-refractivity contribution in [1.82, 2.24) is 0 Å². The minimum Gasteiger partial charge on any atom is -0.501 e. The summed E-state index contributed by atoms with van der Waals surface area (Å²) in [7, 11) is 1.45. The van der Waals surface area contributed by atoms with Crippen LogP contribution in [0.4, 0.5) is 0 Å². The molecule has 24 heavy (non-hydrogen) atoms. The third-order valence-corrected chi connectivity index (χ3v) is 5.48. The number of ether oxygens (including phenoxy) is 1. The third-order valence-electron chi connectivity index (χ3n) is 5.48. The predicted molar refractivity (Wildman–Crippen MR) is 83.4 cm³/mol. The molecule has 0 saturated carbocycles. The van der Waals surface area contributed by atoms with Crippen molar-refractivity contribution < 1.29 is 23.9 Å². The molecule has 4 rings (SSSR count). The van der Waals surface area contributed by atoms with Gasteiger partial charge >= 0.3 is 0 Å². The standard InChI is InChI=1S/C19H14O5/c1-24-11-8-9-18-14(20)6-7-15(21)19(18,10-11)17(23)13-5-3-2-4-12(13)16(18)22/h2-8H,9-10H2,1H3/t18-,19+/m0/s1. The molecule has 0 N–H and O–H groups in total. The van der Waals surface area contributed by atoms with Gasteiger partial charge in [0.1, 0.15) is 10.8 Å². The number of methoxy groups -OCH3 is 1. The quantitative estimate of drug-likeness (QED) is 0.740. The van der Waals surface area contributed by atoms with E-state index in [-0.39, 0.29) is 24.0 Å². The van der Waals surface area contributed by atoms with Crippen LogP contribution in [-0.4, -0.2) is 30.2 Å². The number of hydrogen-bond donors (Lipinski definition) is 0. The van der Waals surface area contributed by atoms with Gasteiger partial charge < -0.3 is 4.74 Å². The molecule has 3 aliphatic rings. The zero-order valence-corrected chi connectivity index (χ0v) is 13.0. The number of ketones is 4. The van der Waals surface area contributed by atoms with Crippen molar-refractivity contribution in [2.75, 3.05) is 7.11 Å². The molecule has 5 heteroatoms. The Bertz CT molecular complexity index is 891. The van der Waals surface area contributed by atoms with Crippen molar-refractivity contribution in [1.29, 1.82) is 0 Å². The number of carbonyl (C=O) groups is 4. The second kappa shape index (κ2) is 4.60. The van der Waals surface area contributed by atoms with Gasteiger partial charge in [-0.05, 0) is 24.6 Å². The molecule has 0 unspecified atom stereocenters. The van der Waals surface area contributed by atoms with Crippen molar-refractivity contribution in [3.63, 3.8) is 0 Å².